The van der Waals surface area contributed by atoms with Crippen molar-refractivity contribution in [1.82, 2.24) is 0 Å². The minimum atomic E-state index is -0.350. The van der Waals surface area contributed by atoms with Gasteiger partial charge < -0.3 is 15.2 Å². The lowest BCUT2D eigenvalue weighted by atomic mass is 10.1. The number of anilines is 2. The molecular weight excluding hydrogens is 290 g/mol. The Kier molecular flexibility index (Phi) is 4.15. The van der Waals surface area contributed by atoms with Gasteiger partial charge in [-0.1, -0.05) is 30.3 Å². The van der Waals surface area contributed by atoms with E-state index in [2.05, 4.69) is 5.32 Å². The van der Waals surface area contributed by atoms with E-state index in [-0.39, 0.29) is 11.7 Å². The Morgan fingerprint density at radius 3 is 2.74 bits per heavy atom. The maximum absolute atomic E-state index is 11.8. The summed E-state index contributed by atoms with van der Waals surface area (Å²) in [5.41, 5.74) is 2.02. The second kappa shape index (κ2) is 6.40. The number of benzene rings is 3. The van der Waals surface area contributed by atoms with Gasteiger partial charge in [0, 0.05) is 17.1 Å². The molecule has 3 rings (SSSR count). The number of rotatable bonds is 4. The Hall–Kier alpha value is -3.01. The van der Waals surface area contributed by atoms with Crippen LogP contribution in [0.15, 0.2) is 60.7 Å². The first-order valence-electron chi connectivity index (χ1n) is 7.43. The van der Waals surface area contributed by atoms with Crippen LogP contribution >= 0.6 is 0 Å². The molecule has 0 saturated carbocycles. The van der Waals surface area contributed by atoms with Gasteiger partial charge in [0.15, 0.2) is 0 Å². The van der Waals surface area contributed by atoms with E-state index in [9.17, 15) is 9.90 Å². The zero-order valence-corrected chi connectivity index (χ0v) is 12.7. The molecule has 0 heterocycles. The average Bonchev–Trinajstić information content (AvgIpc) is 2.55. The Morgan fingerprint density at radius 2 is 1.91 bits per heavy atom. The van der Waals surface area contributed by atoms with E-state index in [1.165, 1.54) is 0 Å². The van der Waals surface area contributed by atoms with Gasteiger partial charge in [-0.2, -0.15) is 0 Å². The molecule has 0 atom stereocenters. The molecule has 0 bridgehead atoms. The largest absolute Gasteiger partial charge is 0.508 e. The van der Waals surface area contributed by atoms with Crippen LogP contribution in [-0.4, -0.2) is 17.7 Å². The summed E-state index contributed by atoms with van der Waals surface area (Å²) < 4.78 is 5.02. The monoisotopic (exact) mass is 307 g/mol. The highest BCUT2D eigenvalue weighted by atomic mass is 16.5. The molecule has 23 heavy (non-hydrogen) atoms. The fourth-order valence-electron chi connectivity index (χ4n) is 2.49. The molecule has 0 fully saturated rings. The van der Waals surface area contributed by atoms with Crippen molar-refractivity contribution in [2.45, 2.75) is 6.92 Å². The summed E-state index contributed by atoms with van der Waals surface area (Å²) in [7, 11) is 0. The van der Waals surface area contributed by atoms with Crippen LogP contribution in [0.4, 0.5) is 11.4 Å². The van der Waals surface area contributed by atoms with Crippen molar-refractivity contribution in [2.24, 2.45) is 0 Å². The number of aromatic hydroxyl groups is 1. The lowest BCUT2D eigenvalue weighted by molar-refractivity contribution is 0.0526. The molecule has 0 aliphatic carbocycles. The molecule has 3 aromatic carbocycles. The molecule has 0 spiro atoms. The van der Waals surface area contributed by atoms with Gasteiger partial charge in [-0.05, 0) is 36.6 Å². The van der Waals surface area contributed by atoms with Gasteiger partial charge in [0.05, 0.1) is 17.9 Å². The van der Waals surface area contributed by atoms with E-state index in [4.69, 9.17) is 4.74 Å². The highest BCUT2D eigenvalue weighted by Crippen LogP contribution is 2.31. The molecule has 3 aromatic rings. The maximum Gasteiger partial charge on any atom is 0.338 e. The normalized spacial score (nSPS) is 10.5. The first-order valence-corrected chi connectivity index (χ1v) is 7.43. The summed E-state index contributed by atoms with van der Waals surface area (Å²) in [6.45, 7) is 2.12. The molecule has 0 aliphatic rings. The van der Waals surface area contributed by atoms with Crippen LogP contribution in [0.3, 0.4) is 0 Å². The third kappa shape index (κ3) is 3.26. The van der Waals surface area contributed by atoms with Crippen LogP contribution < -0.4 is 5.32 Å². The fraction of sp³-hybridized carbons (Fsp3) is 0.105. The molecule has 0 radical (unpaired) electrons. The van der Waals surface area contributed by atoms with E-state index in [0.717, 1.165) is 22.1 Å². The third-order valence-corrected chi connectivity index (χ3v) is 3.50. The molecule has 4 heteroatoms. The van der Waals surface area contributed by atoms with Gasteiger partial charge in [0.1, 0.15) is 5.75 Å². The summed E-state index contributed by atoms with van der Waals surface area (Å²) in [6, 6.07) is 18.3. The van der Waals surface area contributed by atoms with Gasteiger partial charge in [0.25, 0.3) is 0 Å². The number of ether oxygens (including phenoxy) is 1. The molecule has 116 valence electrons. The van der Waals surface area contributed by atoms with Gasteiger partial charge in [-0.3, -0.25) is 0 Å². The van der Waals surface area contributed by atoms with Crippen molar-refractivity contribution < 1.29 is 14.6 Å². The Labute approximate surface area is 134 Å². The van der Waals surface area contributed by atoms with Crippen LogP contribution in [0.2, 0.25) is 0 Å². The highest BCUT2D eigenvalue weighted by molar-refractivity contribution is 5.97. The zero-order chi connectivity index (χ0) is 16.2. The van der Waals surface area contributed by atoms with E-state index in [1.54, 1.807) is 37.3 Å². The van der Waals surface area contributed by atoms with Gasteiger partial charge in [-0.15, -0.1) is 0 Å². The first-order chi connectivity index (χ1) is 11.2. The van der Waals surface area contributed by atoms with Gasteiger partial charge in [0.2, 0.25) is 0 Å². The molecule has 0 amide bonds. The SMILES string of the molecule is CCOC(=O)c1cccc(Nc2cc(O)cc3ccccc23)c1. The number of phenolic OH excluding ortho intramolecular Hbond substituents is 1. The minimum Gasteiger partial charge on any atom is -0.508 e. The minimum absolute atomic E-state index is 0.188. The van der Waals surface area contributed by atoms with Crippen LogP contribution in [0.25, 0.3) is 10.8 Å². The maximum atomic E-state index is 11.8. The van der Waals surface area contributed by atoms with Crippen LogP contribution in [0.5, 0.6) is 5.75 Å². The topological polar surface area (TPSA) is 58.6 Å². The predicted molar refractivity (Wildman–Crippen MR) is 91.3 cm³/mol. The number of fused-ring (bicyclic) bond motifs is 1. The van der Waals surface area contributed by atoms with Gasteiger partial charge >= 0.3 is 5.97 Å². The summed E-state index contributed by atoms with van der Waals surface area (Å²) in [5, 5.41) is 15.1. The molecule has 4 nitrogen and oxygen atoms in total. The molecule has 0 aliphatic heterocycles. The number of esters is 1. The molecule has 0 unspecified atom stereocenters. The van der Waals surface area contributed by atoms with Crippen LogP contribution in [-0.2, 0) is 4.74 Å². The summed E-state index contributed by atoms with van der Waals surface area (Å²) in [4.78, 5) is 11.8. The van der Waals surface area contributed by atoms with Gasteiger partial charge in [-0.25, -0.2) is 4.79 Å². The van der Waals surface area contributed by atoms with E-state index in [1.807, 2.05) is 30.3 Å². The molecule has 2 N–H and O–H groups in total. The Balaban J connectivity index is 1.96. The number of nitrogens with one attached hydrogen (secondary N) is 1. The zero-order valence-electron chi connectivity index (χ0n) is 12.7. The fourth-order valence-corrected chi connectivity index (χ4v) is 2.49. The van der Waals surface area contributed by atoms with Crippen molar-refractivity contribution in [3.8, 4) is 5.75 Å². The van der Waals surface area contributed by atoms with Crippen LogP contribution in [0, 0.1) is 0 Å². The van der Waals surface area contributed by atoms with E-state index >= 15 is 0 Å². The molecular formula is C19H17NO3. The average molecular weight is 307 g/mol. The standard InChI is InChI=1S/C19H17NO3/c1-2-23-19(22)14-7-5-8-15(10-14)20-18-12-16(21)11-13-6-3-4-9-17(13)18/h3-12,20-21H,2H2,1H3. The number of carbonyl (C=O) groups is 1. The summed E-state index contributed by atoms with van der Waals surface area (Å²) >= 11 is 0. The number of hydrogen-bond acceptors (Lipinski definition) is 4. The number of carbonyl (C=O) groups excluding carboxylic acids is 1. The summed E-state index contributed by atoms with van der Waals surface area (Å²) in [6.07, 6.45) is 0. The number of phenols is 1. The summed E-state index contributed by atoms with van der Waals surface area (Å²) in [5.74, 6) is -0.162. The van der Waals surface area contributed by atoms with Crippen LogP contribution in [0.1, 0.15) is 17.3 Å². The smallest absolute Gasteiger partial charge is 0.338 e. The molecule has 0 aromatic heterocycles. The van der Waals surface area contributed by atoms with Crippen molar-refractivity contribution in [3.05, 3.63) is 66.2 Å². The second-order valence-corrected chi connectivity index (χ2v) is 5.14. The van der Waals surface area contributed by atoms with Crippen molar-refractivity contribution >= 4 is 28.1 Å². The van der Waals surface area contributed by atoms with E-state index < -0.39 is 0 Å². The Bertz CT molecular complexity index is 858. The third-order valence-electron chi connectivity index (χ3n) is 3.50. The van der Waals surface area contributed by atoms with E-state index in [0.29, 0.717) is 12.2 Å². The second-order valence-electron chi connectivity index (χ2n) is 5.14. The van der Waals surface area contributed by atoms with Crippen molar-refractivity contribution in [3.63, 3.8) is 0 Å². The lowest BCUT2D eigenvalue weighted by Gasteiger charge is -2.12. The number of hydrogen-bond donors (Lipinski definition) is 2. The predicted octanol–water partition coefficient (Wildman–Crippen LogP) is 4.47. The first kappa shape index (κ1) is 14.9. The molecule has 0 saturated heterocycles. The van der Waals surface area contributed by atoms with Crippen molar-refractivity contribution in [1.29, 1.82) is 0 Å². The Morgan fingerprint density at radius 1 is 1.09 bits per heavy atom. The highest BCUT2D eigenvalue weighted by Gasteiger charge is 2.08. The quantitative estimate of drug-likeness (QED) is 0.698. The van der Waals surface area contributed by atoms with Crippen molar-refractivity contribution in [2.75, 3.05) is 11.9 Å². The lowest BCUT2D eigenvalue weighted by Crippen LogP contribution is -2.04.